The summed E-state index contributed by atoms with van der Waals surface area (Å²) >= 11 is 6.46. The van der Waals surface area contributed by atoms with Crippen LogP contribution in [0.5, 0.6) is 11.5 Å². The van der Waals surface area contributed by atoms with Crippen LogP contribution in [0.4, 0.5) is 0 Å². The van der Waals surface area contributed by atoms with Gasteiger partial charge >= 0.3 is 5.97 Å². The van der Waals surface area contributed by atoms with Gasteiger partial charge in [0.15, 0.2) is 11.5 Å². The van der Waals surface area contributed by atoms with Crippen molar-refractivity contribution in [2.24, 2.45) is 5.92 Å². The lowest BCUT2D eigenvalue weighted by Crippen LogP contribution is -2.17. The maximum absolute atomic E-state index is 12.2. The molecule has 0 spiro atoms. The zero-order chi connectivity index (χ0) is 22.1. The smallest absolute Gasteiger partial charge is 0.336 e. The van der Waals surface area contributed by atoms with Gasteiger partial charge in [-0.15, -0.1) is 0 Å². The summed E-state index contributed by atoms with van der Waals surface area (Å²) in [5.74, 6) is 0.445. The lowest BCUT2D eigenvalue weighted by atomic mass is 9.80. The first-order valence-corrected chi connectivity index (χ1v) is 10.7. The minimum Gasteiger partial charge on any atom is -0.493 e. The molecule has 1 unspecified atom stereocenters. The number of nitrogens with zero attached hydrogens (tertiary/aromatic N) is 1. The van der Waals surface area contributed by atoms with E-state index in [0.717, 1.165) is 28.8 Å². The number of para-hydroxylation sites is 1. The topological polar surface area (TPSA) is 68.7 Å². The van der Waals surface area contributed by atoms with E-state index in [4.69, 9.17) is 26.1 Å². The number of hydrogen-bond acceptors (Lipinski definition) is 4. The van der Waals surface area contributed by atoms with Gasteiger partial charge in [0.25, 0.3) is 0 Å². The minimum absolute atomic E-state index is 0.292. The fourth-order valence-electron chi connectivity index (χ4n) is 4.29. The second-order valence-corrected chi connectivity index (χ2v) is 8.19. The van der Waals surface area contributed by atoms with Crippen molar-refractivity contribution in [3.63, 3.8) is 0 Å². The number of benzene rings is 2. The summed E-state index contributed by atoms with van der Waals surface area (Å²) in [6.45, 7) is 4.50. The lowest BCUT2D eigenvalue weighted by Gasteiger charge is -2.26. The number of aromatic carboxylic acids is 1. The number of allylic oxidation sites excluding steroid dienone is 1. The zero-order valence-electron chi connectivity index (χ0n) is 17.7. The molecule has 0 amide bonds. The molecule has 5 nitrogen and oxygen atoms in total. The van der Waals surface area contributed by atoms with E-state index in [2.05, 4.69) is 6.92 Å². The molecule has 160 valence electrons. The Bertz CT molecular complexity index is 1200. The van der Waals surface area contributed by atoms with Crippen molar-refractivity contribution in [2.45, 2.75) is 26.7 Å². The molecule has 1 aliphatic rings. The Hall–Kier alpha value is -3.05. The average molecular weight is 438 g/mol. The van der Waals surface area contributed by atoms with Crippen molar-refractivity contribution in [3.8, 4) is 11.5 Å². The number of hydrogen-bond donors (Lipinski definition) is 1. The van der Waals surface area contributed by atoms with Crippen molar-refractivity contribution in [3.05, 3.63) is 63.8 Å². The molecular formula is C25H24ClNO4. The van der Waals surface area contributed by atoms with Crippen LogP contribution in [-0.4, -0.2) is 29.8 Å². The van der Waals surface area contributed by atoms with Gasteiger partial charge in [-0.25, -0.2) is 9.78 Å². The summed E-state index contributed by atoms with van der Waals surface area (Å²) in [7, 11) is 1.58. The van der Waals surface area contributed by atoms with Gasteiger partial charge in [0.2, 0.25) is 0 Å². The van der Waals surface area contributed by atoms with Crippen LogP contribution in [0.1, 0.15) is 47.4 Å². The normalized spacial score (nSPS) is 16.9. The SMILES string of the molecule is CCOc1c(Cl)cc(/C=C2\CC(C)Cc3c2nc2ccccc2c3C(=O)O)cc1OC. The van der Waals surface area contributed by atoms with E-state index in [1.165, 1.54) is 0 Å². The van der Waals surface area contributed by atoms with E-state index in [0.29, 0.717) is 51.9 Å². The Morgan fingerprint density at radius 2 is 2.06 bits per heavy atom. The van der Waals surface area contributed by atoms with E-state index >= 15 is 0 Å². The van der Waals surface area contributed by atoms with E-state index in [9.17, 15) is 9.90 Å². The van der Waals surface area contributed by atoms with Crippen molar-refractivity contribution in [1.82, 2.24) is 4.98 Å². The van der Waals surface area contributed by atoms with Crippen LogP contribution in [0, 0.1) is 5.92 Å². The van der Waals surface area contributed by atoms with Crippen molar-refractivity contribution >= 4 is 40.1 Å². The molecule has 2 aromatic carbocycles. The van der Waals surface area contributed by atoms with Crippen LogP contribution < -0.4 is 9.47 Å². The lowest BCUT2D eigenvalue weighted by molar-refractivity contribution is 0.0697. The number of carboxylic acids is 1. The number of methoxy groups -OCH3 is 1. The molecule has 6 heteroatoms. The van der Waals surface area contributed by atoms with Gasteiger partial charge < -0.3 is 14.6 Å². The number of rotatable bonds is 5. The van der Waals surface area contributed by atoms with Crippen LogP contribution in [0.2, 0.25) is 5.02 Å². The van der Waals surface area contributed by atoms with Crippen LogP contribution >= 0.6 is 11.6 Å². The molecule has 3 aromatic rings. The zero-order valence-corrected chi connectivity index (χ0v) is 18.5. The number of carboxylic acid groups (broad SMARTS) is 1. The predicted molar refractivity (Wildman–Crippen MR) is 123 cm³/mol. The monoisotopic (exact) mass is 437 g/mol. The molecule has 0 aliphatic heterocycles. The van der Waals surface area contributed by atoms with E-state index in [-0.39, 0.29) is 0 Å². The molecule has 1 atom stereocenters. The Balaban J connectivity index is 1.92. The summed E-state index contributed by atoms with van der Waals surface area (Å²) in [6.07, 6.45) is 3.50. The first-order chi connectivity index (χ1) is 14.9. The van der Waals surface area contributed by atoms with Gasteiger partial charge in [0.1, 0.15) is 0 Å². The molecule has 0 saturated heterocycles. The fourth-order valence-corrected chi connectivity index (χ4v) is 4.56. The highest BCUT2D eigenvalue weighted by atomic mass is 35.5. The van der Waals surface area contributed by atoms with Gasteiger partial charge in [-0.05, 0) is 66.7 Å². The van der Waals surface area contributed by atoms with Crippen molar-refractivity contribution in [2.75, 3.05) is 13.7 Å². The molecule has 4 rings (SSSR count). The maximum atomic E-state index is 12.2. The Morgan fingerprint density at radius 1 is 1.29 bits per heavy atom. The number of pyridine rings is 1. The minimum atomic E-state index is -0.922. The number of carbonyl (C=O) groups is 1. The predicted octanol–water partition coefficient (Wildman–Crippen LogP) is 6.12. The van der Waals surface area contributed by atoms with Gasteiger partial charge in [0, 0.05) is 5.39 Å². The van der Waals surface area contributed by atoms with Gasteiger partial charge in [-0.2, -0.15) is 0 Å². The molecule has 1 aromatic heterocycles. The second kappa shape index (κ2) is 8.60. The molecule has 1 N–H and O–H groups in total. The molecule has 0 radical (unpaired) electrons. The summed E-state index contributed by atoms with van der Waals surface area (Å²) in [6, 6.07) is 11.1. The number of fused-ring (bicyclic) bond motifs is 2. The average Bonchev–Trinajstić information content (AvgIpc) is 2.73. The Kier molecular flexibility index (Phi) is 5.88. The molecule has 0 saturated carbocycles. The van der Waals surface area contributed by atoms with Crippen LogP contribution in [-0.2, 0) is 6.42 Å². The summed E-state index contributed by atoms with van der Waals surface area (Å²) in [5.41, 5.74) is 4.41. The third-order valence-electron chi connectivity index (χ3n) is 5.51. The highest BCUT2D eigenvalue weighted by molar-refractivity contribution is 6.32. The van der Waals surface area contributed by atoms with E-state index in [1.54, 1.807) is 7.11 Å². The molecule has 31 heavy (non-hydrogen) atoms. The van der Waals surface area contributed by atoms with Gasteiger partial charge in [0.05, 0.1) is 35.5 Å². The molecule has 0 bridgehead atoms. The third-order valence-corrected chi connectivity index (χ3v) is 5.79. The largest absolute Gasteiger partial charge is 0.493 e. The van der Waals surface area contributed by atoms with Crippen LogP contribution in [0.3, 0.4) is 0 Å². The first-order valence-electron chi connectivity index (χ1n) is 10.3. The fraction of sp³-hybridized carbons (Fsp3) is 0.280. The molecule has 1 heterocycles. The molecule has 0 fully saturated rings. The summed E-state index contributed by atoms with van der Waals surface area (Å²) < 4.78 is 11.1. The van der Waals surface area contributed by atoms with Gasteiger partial charge in [-0.3, -0.25) is 0 Å². The summed E-state index contributed by atoms with van der Waals surface area (Å²) in [4.78, 5) is 17.1. The van der Waals surface area contributed by atoms with Gasteiger partial charge in [-0.1, -0.05) is 36.7 Å². The summed E-state index contributed by atoms with van der Waals surface area (Å²) in [5, 5.41) is 11.1. The van der Waals surface area contributed by atoms with Crippen molar-refractivity contribution < 1.29 is 19.4 Å². The molecular weight excluding hydrogens is 414 g/mol. The van der Waals surface area contributed by atoms with E-state index < -0.39 is 5.97 Å². The standard InChI is InChI=1S/C25H24ClNO4/c1-4-31-24-19(26)12-15(13-21(24)30-3)11-16-9-14(2)10-18-22(25(28)29)17-7-5-6-8-20(17)27-23(16)18/h5-8,11-14H,4,9-10H2,1-3H3,(H,28,29)/b16-11+. The van der Waals surface area contributed by atoms with E-state index in [1.807, 2.05) is 49.4 Å². The van der Waals surface area contributed by atoms with Crippen LogP contribution in [0.25, 0.3) is 22.6 Å². The highest BCUT2D eigenvalue weighted by Crippen LogP contribution is 2.41. The van der Waals surface area contributed by atoms with Crippen molar-refractivity contribution in [1.29, 1.82) is 0 Å². The Morgan fingerprint density at radius 3 is 2.77 bits per heavy atom. The first kappa shape index (κ1) is 21.2. The number of ether oxygens (including phenoxy) is 2. The number of halogens is 1. The van der Waals surface area contributed by atoms with Crippen LogP contribution in [0.15, 0.2) is 36.4 Å². The highest BCUT2D eigenvalue weighted by Gasteiger charge is 2.28. The number of aromatic nitrogens is 1. The maximum Gasteiger partial charge on any atom is 0.336 e. The third kappa shape index (κ3) is 3.98. The molecule has 1 aliphatic carbocycles. The Labute approximate surface area is 186 Å². The second-order valence-electron chi connectivity index (χ2n) is 7.79. The quantitative estimate of drug-likeness (QED) is 0.521.